The zero-order chi connectivity index (χ0) is 20.9. The number of thiophene rings is 1. The summed E-state index contributed by atoms with van der Waals surface area (Å²) in [6.07, 6.45) is 0. The number of aromatic hydroxyl groups is 1. The van der Waals surface area contributed by atoms with Crippen molar-refractivity contribution in [1.82, 2.24) is 14.5 Å². The van der Waals surface area contributed by atoms with Gasteiger partial charge in [0.15, 0.2) is 0 Å². The van der Waals surface area contributed by atoms with Crippen molar-refractivity contribution in [3.8, 4) is 27.4 Å². The van der Waals surface area contributed by atoms with Crippen LogP contribution in [-0.4, -0.2) is 32.7 Å². The lowest BCUT2D eigenvalue weighted by atomic mass is 10.0. The Balaban J connectivity index is 2.18. The highest BCUT2D eigenvalue weighted by Crippen LogP contribution is 2.47. The van der Waals surface area contributed by atoms with E-state index in [-0.39, 0.29) is 16.7 Å². The Morgan fingerprint density at radius 3 is 2.52 bits per heavy atom. The monoisotopic (exact) mass is 411 g/mol. The van der Waals surface area contributed by atoms with Crippen LogP contribution in [0.3, 0.4) is 0 Å². The van der Waals surface area contributed by atoms with Crippen LogP contribution < -0.4 is 11.2 Å². The normalized spacial score (nSPS) is 11.1. The number of ether oxygens (including phenoxy) is 1. The number of methoxy groups -OCH3 is 1. The van der Waals surface area contributed by atoms with Gasteiger partial charge in [0, 0.05) is 17.5 Å². The number of aryl methyl sites for hydroxylation is 2. The van der Waals surface area contributed by atoms with E-state index in [9.17, 15) is 19.5 Å². The minimum Gasteiger partial charge on any atom is -0.505 e. The largest absolute Gasteiger partial charge is 0.505 e. The van der Waals surface area contributed by atoms with Crippen LogP contribution in [0.4, 0.5) is 0 Å². The molecule has 0 spiro atoms. The van der Waals surface area contributed by atoms with Crippen molar-refractivity contribution < 1.29 is 14.6 Å². The van der Waals surface area contributed by atoms with Crippen molar-refractivity contribution in [1.29, 1.82) is 0 Å². The summed E-state index contributed by atoms with van der Waals surface area (Å²) >= 11 is 1.17. The number of fused-ring (bicyclic) bond motifs is 1. The highest BCUT2D eigenvalue weighted by molar-refractivity contribution is 7.16. The molecule has 3 aromatic heterocycles. The molecule has 0 radical (unpaired) electrons. The SMILES string of the molecule is COC(=O)c1c(C)sc(-c2c(-c3ccccc3)[nH]c3c2c(=O)[nH]c(=O)n3C)c1O. The number of aromatic amines is 2. The molecule has 0 saturated heterocycles. The minimum atomic E-state index is -0.662. The fraction of sp³-hybridized carbons (Fsp3) is 0.150. The van der Waals surface area contributed by atoms with Crippen molar-refractivity contribution in [2.75, 3.05) is 7.11 Å². The number of nitrogens with one attached hydrogen (secondary N) is 2. The van der Waals surface area contributed by atoms with Gasteiger partial charge in [-0.15, -0.1) is 11.3 Å². The molecule has 3 N–H and O–H groups in total. The highest BCUT2D eigenvalue weighted by Gasteiger charge is 2.28. The fourth-order valence-electron chi connectivity index (χ4n) is 3.40. The van der Waals surface area contributed by atoms with Crippen molar-refractivity contribution >= 4 is 28.3 Å². The van der Waals surface area contributed by atoms with Gasteiger partial charge in [0.1, 0.15) is 17.0 Å². The van der Waals surface area contributed by atoms with E-state index in [1.54, 1.807) is 6.92 Å². The third-order valence-corrected chi connectivity index (χ3v) is 5.92. The first-order chi connectivity index (χ1) is 13.8. The summed E-state index contributed by atoms with van der Waals surface area (Å²) in [6.45, 7) is 1.69. The molecule has 1 aromatic carbocycles. The van der Waals surface area contributed by atoms with Gasteiger partial charge in [-0.05, 0) is 12.5 Å². The number of hydrogen-bond acceptors (Lipinski definition) is 6. The predicted molar refractivity (Wildman–Crippen MR) is 111 cm³/mol. The molecule has 0 atom stereocenters. The van der Waals surface area contributed by atoms with Gasteiger partial charge in [-0.2, -0.15) is 0 Å². The minimum absolute atomic E-state index is 0.0575. The first-order valence-corrected chi connectivity index (χ1v) is 9.48. The molecule has 29 heavy (non-hydrogen) atoms. The molecule has 0 fully saturated rings. The molecular weight excluding hydrogens is 394 g/mol. The lowest BCUT2D eigenvalue weighted by molar-refractivity contribution is 0.0597. The standard InChI is InChI=1S/C20H17N3O5S/c1-9-11(19(26)28-3)15(24)16(29-9)12-13-17(23(2)20(27)22-18(13)25)21-14(12)10-7-5-4-6-8-10/h4-8,21,24H,1-3H3,(H,22,25,27). The Bertz CT molecular complexity index is 1380. The van der Waals surface area contributed by atoms with Crippen LogP contribution in [0.1, 0.15) is 15.2 Å². The number of esters is 1. The number of benzene rings is 1. The lowest BCUT2D eigenvalue weighted by Gasteiger charge is -2.04. The Hall–Kier alpha value is -3.59. The van der Waals surface area contributed by atoms with Crippen molar-refractivity contribution in [2.24, 2.45) is 7.05 Å². The van der Waals surface area contributed by atoms with Gasteiger partial charge in [-0.3, -0.25) is 14.3 Å². The Kier molecular flexibility index (Phi) is 4.39. The van der Waals surface area contributed by atoms with Crippen LogP contribution in [0.2, 0.25) is 0 Å². The van der Waals surface area contributed by atoms with E-state index < -0.39 is 17.2 Å². The molecule has 4 aromatic rings. The van der Waals surface area contributed by atoms with Crippen LogP contribution in [0.5, 0.6) is 5.75 Å². The molecule has 4 rings (SSSR count). The molecule has 0 aliphatic rings. The Morgan fingerprint density at radius 1 is 1.17 bits per heavy atom. The maximum Gasteiger partial charge on any atom is 0.342 e. The number of nitrogens with zero attached hydrogens (tertiary/aromatic N) is 1. The van der Waals surface area contributed by atoms with E-state index in [0.29, 0.717) is 26.7 Å². The van der Waals surface area contributed by atoms with E-state index >= 15 is 0 Å². The van der Waals surface area contributed by atoms with Crippen LogP contribution in [-0.2, 0) is 11.8 Å². The van der Waals surface area contributed by atoms with E-state index in [1.165, 1.54) is 30.1 Å². The van der Waals surface area contributed by atoms with Crippen molar-refractivity contribution in [3.63, 3.8) is 0 Å². The third kappa shape index (κ3) is 2.78. The van der Waals surface area contributed by atoms with Crippen LogP contribution >= 0.6 is 11.3 Å². The second-order valence-corrected chi connectivity index (χ2v) is 7.71. The summed E-state index contributed by atoms with van der Waals surface area (Å²) in [5.74, 6) is -0.921. The molecular formula is C20H17N3O5S. The van der Waals surface area contributed by atoms with Crippen LogP contribution in [0, 0.1) is 6.92 Å². The van der Waals surface area contributed by atoms with Gasteiger partial charge in [0.25, 0.3) is 5.56 Å². The van der Waals surface area contributed by atoms with Gasteiger partial charge in [0.05, 0.1) is 23.1 Å². The topological polar surface area (TPSA) is 117 Å². The highest BCUT2D eigenvalue weighted by atomic mass is 32.1. The smallest absolute Gasteiger partial charge is 0.342 e. The summed E-state index contributed by atoms with van der Waals surface area (Å²) in [6, 6.07) is 9.23. The summed E-state index contributed by atoms with van der Waals surface area (Å²) < 4.78 is 6.07. The zero-order valence-corrected chi connectivity index (χ0v) is 16.6. The van der Waals surface area contributed by atoms with E-state index in [2.05, 4.69) is 9.97 Å². The number of carbonyl (C=O) groups is 1. The van der Waals surface area contributed by atoms with E-state index in [4.69, 9.17) is 4.74 Å². The Morgan fingerprint density at radius 2 is 1.86 bits per heavy atom. The molecule has 3 heterocycles. The molecule has 0 aliphatic carbocycles. The zero-order valence-electron chi connectivity index (χ0n) is 15.8. The van der Waals surface area contributed by atoms with Crippen molar-refractivity contribution in [2.45, 2.75) is 6.92 Å². The Labute approximate surface area is 168 Å². The molecule has 148 valence electrons. The maximum atomic E-state index is 12.7. The summed E-state index contributed by atoms with van der Waals surface area (Å²) in [5.41, 5.74) is 0.970. The van der Waals surface area contributed by atoms with Crippen LogP contribution in [0.15, 0.2) is 39.9 Å². The molecule has 0 unspecified atom stereocenters. The number of H-pyrrole nitrogens is 2. The van der Waals surface area contributed by atoms with Crippen molar-refractivity contribution in [3.05, 3.63) is 61.6 Å². The lowest BCUT2D eigenvalue weighted by Crippen LogP contribution is -2.28. The third-order valence-electron chi connectivity index (χ3n) is 4.81. The number of hydrogen-bond donors (Lipinski definition) is 3. The second kappa shape index (κ2) is 6.78. The number of carbonyl (C=O) groups excluding carboxylic acids is 1. The predicted octanol–water partition coefficient (Wildman–Crippen LogP) is 2.75. The molecule has 0 bridgehead atoms. The first kappa shape index (κ1) is 18.8. The molecule has 8 nitrogen and oxygen atoms in total. The van der Waals surface area contributed by atoms with E-state index in [1.807, 2.05) is 30.3 Å². The van der Waals surface area contributed by atoms with Crippen LogP contribution in [0.25, 0.3) is 32.7 Å². The summed E-state index contributed by atoms with van der Waals surface area (Å²) in [5, 5.41) is 11.1. The maximum absolute atomic E-state index is 12.7. The van der Waals surface area contributed by atoms with Gasteiger partial charge < -0.3 is 14.8 Å². The molecule has 0 aliphatic heterocycles. The molecule has 0 saturated carbocycles. The van der Waals surface area contributed by atoms with Gasteiger partial charge in [-0.1, -0.05) is 30.3 Å². The average molecular weight is 411 g/mol. The summed E-state index contributed by atoms with van der Waals surface area (Å²) in [7, 11) is 2.77. The quantitative estimate of drug-likeness (QED) is 0.448. The van der Waals surface area contributed by atoms with E-state index in [0.717, 1.165) is 5.56 Å². The average Bonchev–Trinajstić information content (AvgIpc) is 3.24. The summed E-state index contributed by atoms with van der Waals surface area (Å²) in [4.78, 5) is 43.3. The first-order valence-electron chi connectivity index (χ1n) is 8.66. The number of rotatable bonds is 3. The fourth-order valence-corrected chi connectivity index (χ4v) is 4.49. The van der Waals surface area contributed by atoms with Gasteiger partial charge in [0.2, 0.25) is 0 Å². The van der Waals surface area contributed by atoms with Gasteiger partial charge >= 0.3 is 11.7 Å². The molecule has 0 amide bonds. The molecule has 9 heteroatoms. The second-order valence-electron chi connectivity index (χ2n) is 6.49. The number of aromatic nitrogens is 3. The van der Waals surface area contributed by atoms with Gasteiger partial charge in [-0.25, -0.2) is 9.59 Å².